The van der Waals surface area contributed by atoms with Gasteiger partial charge in [0.1, 0.15) is 11.9 Å². The molecule has 0 saturated carbocycles. The predicted octanol–water partition coefficient (Wildman–Crippen LogP) is 2.37. The highest BCUT2D eigenvalue weighted by molar-refractivity contribution is 5.91. The normalized spacial score (nSPS) is 16.5. The number of ether oxygens (including phenoxy) is 2. The molecule has 1 aromatic carbocycles. The second-order valence-electron chi connectivity index (χ2n) is 4.74. The lowest BCUT2D eigenvalue weighted by atomic mass is 10.1. The van der Waals surface area contributed by atoms with Gasteiger partial charge in [0.25, 0.3) is 0 Å². The molecule has 4 nitrogen and oxygen atoms in total. The van der Waals surface area contributed by atoms with Gasteiger partial charge in [0.05, 0.1) is 7.11 Å². The molecule has 0 atom stereocenters. The Labute approximate surface area is 112 Å². The van der Waals surface area contributed by atoms with E-state index in [0.29, 0.717) is 5.88 Å². The fourth-order valence-corrected chi connectivity index (χ4v) is 2.49. The number of methoxy groups -OCH3 is 1. The van der Waals surface area contributed by atoms with Crippen LogP contribution in [0.5, 0.6) is 11.6 Å². The summed E-state index contributed by atoms with van der Waals surface area (Å²) < 4.78 is 11.4. The molecule has 2 heterocycles. The maximum absolute atomic E-state index is 6.06. The SMILES string of the molecule is COc1cccc2c(OC3CCNCC3)nccc12. The summed E-state index contributed by atoms with van der Waals surface area (Å²) in [5.41, 5.74) is 0. The van der Waals surface area contributed by atoms with Gasteiger partial charge in [0.15, 0.2) is 0 Å². The van der Waals surface area contributed by atoms with E-state index in [1.807, 2.05) is 24.3 Å². The van der Waals surface area contributed by atoms with Gasteiger partial charge in [0, 0.05) is 17.0 Å². The van der Waals surface area contributed by atoms with Gasteiger partial charge in [-0.05, 0) is 44.1 Å². The lowest BCUT2D eigenvalue weighted by molar-refractivity contribution is 0.158. The molecule has 100 valence electrons. The zero-order valence-corrected chi connectivity index (χ0v) is 11.1. The van der Waals surface area contributed by atoms with Crippen molar-refractivity contribution in [2.24, 2.45) is 0 Å². The van der Waals surface area contributed by atoms with Crippen molar-refractivity contribution in [2.45, 2.75) is 18.9 Å². The zero-order chi connectivity index (χ0) is 13.1. The van der Waals surface area contributed by atoms with E-state index in [1.54, 1.807) is 13.3 Å². The second-order valence-corrected chi connectivity index (χ2v) is 4.74. The summed E-state index contributed by atoms with van der Waals surface area (Å²) in [5, 5.41) is 5.40. The van der Waals surface area contributed by atoms with Crippen LogP contribution in [-0.2, 0) is 0 Å². The van der Waals surface area contributed by atoms with Crippen molar-refractivity contribution >= 4 is 10.8 Å². The van der Waals surface area contributed by atoms with E-state index in [2.05, 4.69) is 10.3 Å². The van der Waals surface area contributed by atoms with E-state index in [-0.39, 0.29) is 6.10 Å². The molecule has 0 spiro atoms. The van der Waals surface area contributed by atoms with E-state index in [0.717, 1.165) is 42.5 Å². The van der Waals surface area contributed by atoms with Gasteiger partial charge in [-0.1, -0.05) is 6.07 Å². The van der Waals surface area contributed by atoms with Crippen LogP contribution in [0, 0.1) is 0 Å². The highest BCUT2D eigenvalue weighted by Gasteiger charge is 2.16. The van der Waals surface area contributed by atoms with Crippen molar-refractivity contribution in [2.75, 3.05) is 20.2 Å². The number of aromatic nitrogens is 1. The third kappa shape index (κ3) is 2.49. The Bertz CT molecular complexity index is 565. The van der Waals surface area contributed by atoms with Gasteiger partial charge >= 0.3 is 0 Å². The van der Waals surface area contributed by atoms with E-state index in [4.69, 9.17) is 9.47 Å². The Kier molecular flexibility index (Phi) is 3.51. The summed E-state index contributed by atoms with van der Waals surface area (Å²) in [6.45, 7) is 2.03. The van der Waals surface area contributed by atoms with Crippen LogP contribution < -0.4 is 14.8 Å². The molecule has 0 bridgehead atoms. The number of nitrogens with zero attached hydrogens (tertiary/aromatic N) is 1. The number of pyridine rings is 1. The van der Waals surface area contributed by atoms with Gasteiger partial charge in [0.2, 0.25) is 5.88 Å². The maximum atomic E-state index is 6.06. The van der Waals surface area contributed by atoms with Gasteiger partial charge < -0.3 is 14.8 Å². The van der Waals surface area contributed by atoms with Crippen LogP contribution in [0.3, 0.4) is 0 Å². The van der Waals surface area contributed by atoms with Crippen LogP contribution in [0.1, 0.15) is 12.8 Å². The standard InChI is InChI=1S/C15H18N2O2/c1-18-14-4-2-3-13-12(14)7-10-17-15(13)19-11-5-8-16-9-6-11/h2-4,7,10-11,16H,5-6,8-9H2,1H3. The molecule has 4 heteroatoms. The van der Waals surface area contributed by atoms with E-state index >= 15 is 0 Å². The number of piperidine rings is 1. The molecule has 1 aromatic heterocycles. The predicted molar refractivity (Wildman–Crippen MR) is 74.8 cm³/mol. The number of hydrogen-bond donors (Lipinski definition) is 1. The third-order valence-electron chi connectivity index (χ3n) is 3.51. The average Bonchev–Trinajstić information content (AvgIpc) is 2.48. The van der Waals surface area contributed by atoms with Crippen LogP contribution in [-0.4, -0.2) is 31.3 Å². The van der Waals surface area contributed by atoms with Crippen LogP contribution in [0.15, 0.2) is 30.5 Å². The molecule has 1 aliphatic heterocycles. The fraction of sp³-hybridized carbons (Fsp3) is 0.400. The molecule has 3 rings (SSSR count). The van der Waals surface area contributed by atoms with Crippen molar-refractivity contribution in [1.82, 2.24) is 10.3 Å². The Balaban J connectivity index is 1.94. The Hall–Kier alpha value is -1.81. The molecule has 19 heavy (non-hydrogen) atoms. The molecule has 0 amide bonds. The van der Waals surface area contributed by atoms with Crippen molar-refractivity contribution in [1.29, 1.82) is 0 Å². The largest absolute Gasteiger partial charge is 0.496 e. The number of fused-ring (bicyclic) bond motifs is 1. The summed E-state index contributed by atoms with van der Waals surface area (Å²) in [6, 6.07) is 7.92. The molecule has 0 radical (unpaired) electrons. The average molecular weight is 258 g/mol. The minimum atomic E-state index is 0.255. The summed E-state index contributed by atoms with van der Waals surface area (Å²) >= 11 is 0. The van der Waals surface area contributed by atoms with Gasteiger partial charge in [-0.15, -0.1) is 0 Å². The van der Waals surface area contributed by atoms with Gasteiger partial charge in [-0.2, -0.15) is 0 Å². The summed E-state index contributed by atoms with van der Waals surface area (Å²) in [7, 11) is 1.68. The Morgan fingerprint density at radius 1 is 1.16 bits per heavy atom. The van der Waals surface area contributed by atoms with Crippen LogP contribution in [0.4, 0.5) is 0 Å². The lowest BCUT2D eigenvalue weighted by Crippen LogP contribution is -2.34. The third-order valence-corrected chi connectivity index (χ3v) is 3.51. The summed E-state index contributed by atoms with van der Waals surface area (Å²) in [5.74, 6) is 1.57. The molecule has 0 aliphatic carbocycles. The van der Waals surface area contributed by atoms with Crippen molar-refractivity contribution < 1.29 is 9.47 Å². The van der Waals surface area contributed by atoms with Crippen LogP contribution in [0.2, 0.25) is 0 Å². The molecule has 0 unspecified atom stereocenters. The Morgan fingerprint density at radius 2 is 2.00 bits per heavy atom. The monoisotopic (exact) mass is 258 g/mol. The molecule has 1 saturated heterocycles. The topological polar surface area (TPSA) is 43.4 Å². The van der Waals surface area contributed by atoms with E-state index in [1.165, 1.54) is 0 Å². The number of benzene rings is 1. The molecule has 1 N–H and O–H groups in total. The quantitative estimate of drug-likeness (QED) is 0.918. The van der Waals surface area contributed by atoms with E-state index < -0.39 is 0 Å². The van der Waals surface area contributed by atoms with Gasteiger partial charge in [-0.25, -0.2) is 4.98 Å². The minimum Gasteiger partial charge on any atom is -0.496 e. The zero-order valence-electron chi connectivity index (χ0n) is 11.1. The van der Waals surface area contributed by atoms with Crippen molar-refractivity contribution in [3.05, 3.63) is 30.5 Å². The lowest BCUT2D eigenvalue weighted by Gasteiger charge is -2.23. The smallest absolute Gasteiger partial charge is 0.221 e. The maximum Gasteiger partial charge on any atom is 0.221 e. The first-order chi connectivity index (χ1) is 9.38. The molecular weight excluding hydrogens is 240 g/mol. The first-order valence-corrected chi connectivity index (χ1v) is 6.67. The Morgan fingerprint density at radius 3 is 2.79 bits per heavy atom. The first kappa shape index (κ1) is 12.2. The molecular formula is C15H18N2O2. The highest BCUT2D eigenvalue weighted by Crippen LogP contribution is 2.31. The highest BCUT2D eigenvalue weighted by atomic mass is 16.5. The number of nitrogens with one attached hydrogen (secondary N) is 1. The van der Waals surface area contributed by atoms with Crippen LogP contribution in [0.25, 0.3) is 10.8 Å². The van der Waals surface area contributed by atoms with E-state index in [9.17, 15) is 0 Å². The minimum absolute atomic E-state index is 0.255. The van der Waals surface area contributed by atoms with Crippen LogP contribution >= 0.6 is 0 Å². The number of rotatable bonds is 3. The van der Waals surface area contributed by atoms with Gasteiger partial charge in [-0.3, -0.25) is 0 Å². The van der Waals surface area contributed by atoms with Crippen molar-refractivity contribution in [3.63, 3.8) is 0 Å². The fourth-order valence-electron chi connectivity index (χ4n) is 2.49. The molecule has 1 aliphatic rings. The summed E-state index contributed by atoms with van der Waals surface area (Å²) in [6.07, 6.45) is 4.09. The molecule has 1 fully saturated rings. The second kappa shape index (κ2) is 5.45. The summed E-state index contributed by atoms with van der Waals surface area (Å²) in [4.78, 5) is 4.38. The first-order valence-electron chi connectivity index (χ1n) is 6.67. The van der Waals surface area contributed by atoms with Crippen molar-refractivity contribution in [3.8, 4) is 11.6 Å². The number of hydrogen-bond acceptors (Lipinski definition) is 4. The molecule has 2 aromatic rings.